The number of pyridine rings is 1. The molecule has 4 rings (SSSR count). The molecule has 1 amide bonds. The highest BCUT2D eigenvalue weighted by molar-refractivity contribution is 6.33. The summed E-state index contributed by atoms with van der Waals surface area (Å²) in [6, 6.07) is 17.4. The lowest BCUT2D eigenvalue weighted by Gasteiger charge is -2.21. The van der Waals surface area contributed by atoms with Gasteiger partial charge in [0.1, 0.15) is 5.82 Å². The van der Waals surface area contributed by atoms with Crippen LogP contribution in [0, 0.1) is 0 Å². The average Bonchev–Trinajstić information content (AvgIpc) is 3.09. The number of aromatic nitrogens is 1. The average molecular weight is 449 g/mol. The van der Waals surface area contributed by atoms with Crippen molar-refractivity contribution in [1.82, 2.24) is 4.98 Å². The quantitative estimate of drug-likeness (QED) is 0.512. The van der Waals surface area contributed by atoms with Gasteiger partial charge < -0.3 is 15.1 Å². The normalized spacial score (nSPS) is 14.0. The van der Waals surface area contributed by atoms with Crippen molar-refractivity contribution in [3.8, 4) is 11.1 Å². The summed E-state index contributed by atoms with van der Waals surface area (Å²) in [5.74, 6) is 0.789. The fourth-order valence-corrected chi connectivity index (χ4v) is 4.20. The first kappa shape index (κ1) is 22.2. The second kappa shape index (κ2) is 10.0. The van der Waals surface area contributed by atoms with Gasteiger partial charge in [0.05, 0.1) is 11.9 Å². The highest BCUT2D eigenvalue weighted by atomic mass is 35.5. The van der Waals surface area contributed by atoms with E-state index in [0.29, 0.717) is 16.3 Å². The largest absolute Gasteiger partial charge is 0.378 e. The zero-order valence-electron chi connectivity index (χ0n) is 18.6. The van der Waals surface area contributed by atoms with Crippen LogP contribution in [0.4, 0.5) is 17.2 Å². The summed E-state index contributed by atoms with van der Waals surface area (Å²) >= 11 is 6.44. The van der Waals surface area contributed by atoms with Gasteiger partial charge in [-0.1, -0.05) is 36.6 Å². The molecule has 0 radical (unpaired) electrons. The monoisotopic (exact) mass is 448 g/mol. The second-order valence-corrected chi connectivity index (χ2v) is 8.80. The van der Waals surface area contributed by atoms with Gasteiger partial charge >= 0.3 is 0 Å². The number of amides is 1. The number of benzene rings is 2. The number of halogens is 1. The van der Waals surface area contributed by atoms with Crippen molar-refractivity contribution in [3.63, 3.8) is 0 Å². The summed E-state index contributed by atoms with van der Waals surface area (Å²) in [6.45, 7) is 2.09. The molecule has 0 atom stereocenters. The van der Waals surface area contributed by atoms with Crippen molar-refractivity contribution < 1.29 is 4.79 Å². The Kier molecular flexibility index (Phi) is 6.96. The molecule has 32 heavy (non-hydrogen) atoms. The van der Waals surface area contributed by atoms with Gasteiger partial charge in [0.15, 0.2) is 0 Å². The molecule has 166 valence electrons. The number of rotatable bonds is 5. The van der Waals surface area contributed by atoms with Crippen LogP contribution >= 0.6 is 11.6 Å². The van der Waals surface area contributed by atoms with E-state index < -0.39 is 0 Å². The van der Waals surface area contributed by atoms with Crippen molar-refractivity contribution in [2.75, 3.05) is 42.3 Å². The molecular weight excluding hydrogens is 420 g/mol. The first-order chi connectivity index (χ1) is 15.5. The van der Waals surface area contributed by atoms with Gasteiger partial charge in [-0.25, -0.2) is 4.98 Å². The molecule has 2 heterocycles. The van der Waals surface area contributed by atoms with Gasteiger partial charge in [0.2, 0.25) is 0 Å². The molecule has 1 saturated heterocycles. The fraction of sp³-hybridized carbons (Fsp3) is 0.308. The molecule has 1 N–H and O–H groups in total. The van der Waals surface area contributed by atoms with E-state index in [1.54, 1.807) is 18.3 Å². The second-order valence-electron chi connectivity index (χ2n) is 8.40. The predicted molar refractivity (Wildman–Crippen MR) is 134 cm³/mol. The number of carbonyl (C=O) groups excluding carboxylic acids is 1. The Morgan fingerprint density at radius 2 is 1.69 bits per heavy atom. The van der Waals surface area contributed by atoms with Crippen LogP contribution in [-0.4, -0.2) is 38.1 Å². The zero-order chi connectivity index (χ0) is 22.5. The standard InChI is InChI=1S/C26H29ClN4O/c1-30(2)22-11-7-19(8-12-22)23-17-20(9-13-24(23)27)26(32)29-21-10-14-25(28-18-21)31-15-5-3-4-6-16-31/h7-14,17-18H,3-6,15-16H2,1-2H3,(H,29,32). The smallest absolute Gasteiger partial charge is 0.255 e. The number of hydrogen-bond donors (Lipinski definition) is 1. The van der Waals surface area contributed by atoms with E-state index >= 15 is 0 Å². The van der Waals surface area contributed by atoms with E-state index in [4.69, 9.17) is 11.6 Å². The van der Waals surface area contributed by atoms with Gasteiger partial charge in [0.25, 0.3) is 5.91 Å². The van der Waals surface area contributed by atoms with Crippen molar-refractivity contribution >= 4 is 34.7 Å². The highest BCUT2D eigenvalue weighted by Crippen LogP contribution is 2.30. The molecular formula is C26H29ClN4O. The summed E-state index contributed by atoms with van der Waals surface area (Å²) in [5, 5.41) is 3.57. The van der Waals surface area contributed by atoms with E-state index in [-0.39, 0.29) is 5.91 Å². The fourth-order valence-electron chi connectivity index (χ4n) is 3.98. The third kappa shape index (κ3) is 5.22. The predicted octanol–water partition coefficient (Wildman–Crippen LogP) is 6.10. The maximum Gasteiger partial charge on any atom is 0.255 e. The number of hydrogen-bond acceptors (Lipinski definition) is 4. The Morgan fingerprint density at radius 1 is 0.969 bits per heavy atom. The molecule has 2 aromatic carbocycles. The number of anilines is 3. The molecule has 0 bridgehead atoms. The van der Waals surface area contributed by atoms with Crippen LogP contribution in [-0.2, 0) is 0 Å². The molecule has 3 aromatic rings. The third-order valence-corrected chi connectivity index (χ3v) is 6.19. The Morgan fingerprint density at radius 3 is 2.31 bits per heavy atom. The molecule has 1 aliphatic heterocycles. The number of carbonyl (C=O) groups is 1. The van der Waals surface area contributed by atoms with E-state index in [0.717, 1.165) is 35.7 Å². The van der Waals surface area contributed by atoms with E-state index in [1.165, 1.54) is 25.7 Å². The van der Waals surface area contributed by atoms with E-state index in [1.807, 2.05) is 61.5 Å². The Balaban J connectivity index is 1.48. The van der Waals surface area contributed by atoms with Crippen LogP contribution in [0.3, 0.4) is 0 Å². The molecule has 0 aliphatic carbocycles. The summed E-state index contributed by atoms with van der Waals surface area (Å²) in [7, 11) is 4.00. The van der Waals surface area contributed by atoms with Crippen LogP contribution in [0.25, 0.3) is 11.1 Å². The minimum atomic E-state index is -0.183. The first-order valence-corrected chi connectivity index (χ1v) is 11.5. The summed E-state index contributed by atoms with van der Waals surface area (Å²) in [5.41, 5.74) is 4.14. The van der Waals surface area contributed by atoms with Crippen LogP contribution in [0.2, 0.25) is 5.02 Å². The van der Waals surface area contributed by atoms with Gasteiger partial charge in [-0.05, 0) is 60.9 Å². The van der Waals surface area contributed by atoms with Crippen LogP contribution in [0.15, 0.2) is 60.8 Å². The zero-order valence-corrected chi connectivity index (χ0v) is 19.4. The minimum Gasteiger partial charge on any atom is -0.378 e. The SMILES string of the molecule is CN(C)c1ccc(-c2cc(C(=O)Nc3ccc(N4CCCCCC4)nc3)ccc2Cl)cc1. The Bertz CT molecular complexity index is 1060. The Hall–Kier alpha value is -3.05. The van der Waals surface area contributed by atoms with E-state index in [2.05, 4.69) is 15.2 Å². The summed E-state index contributed by atoms with van der Waals surface area (Å²) < 4.78 is 0. The van der Waals surface area contributed by atoms with Crippen molar-refractivity contribution in [1.29, 1.82) is 0 Å². The molecule has 1 aliphatic rings. The van der Waals surface area contributed by atoms with Crippen molar-refractivity contribution in [2.45, 2.75) is 25.7 Å². The number of nitrogens with zero attached hydrogens (tertiary/aromatic N) is 3. The van der Waals surface area contributed by atoms with Crippen molar-refractivity contribution in [3.05, 3.63) is 71.4 Å². The van der Waals surface area contributed by atoms with Crippen LogP contribution in [0.5, 0.6) is 0 Å². The number of nitrogens with one attached hydrogen (secondary N) is 1. The summed E-state index contributed by atoms with van der Waals surface area (Å²) in [6.07, 6.45) is 6.71. The van der Waals surface area contributed by atoms with Gasteiger partial charge in [-0.3, -0.25) is 4.79 Å². The van der Waals surface area contributed by atoms with Crippen LogP contribution in [0.1, 0.15) is 36.0 Å². The van der Waals surface area contributed by atoms with Gasteiger partial charge in [-0.2, -0.15) is 0 Å². The highest BCUT2D eigenvalue weighted by Gasteiger charge is 2.13. The van der Waals surface area contributed by atoms with Crippen molar-refractivity contribution in [2.24, 2.45) is 0 Å². The molecule has 0 spiro atoms. The Labute approximate surface area is 195 Å². The van der Waals surface area contributed by atoms with Crippen LogP contribution < -0.4 is 15.1 Å². The lowest BCUT2D eigenvalue weighted by Crippen LogP contribution is -2.24. The lowest BCUT2D eigenvalue weighted by molar-refractivity contribution is 0.102. The molecule has 1 fully saturated rings. The minimum absolute atomic E-state index is 0.183. The molecule has 0 unspecified atom stereocenters. The summed E-state index contributed by atoms with van der Waals surface area (Å²) in [4.78, 5) is 21.8. The molecule has 5 nitrogen and oxygen atoms in total. The van der Waals surface area contributed by atoms with E-state index in [9.17, 15) is 4.79 Å². The molecule has 6 heteroatoms. The first-order valence-electron chi connectivity index (χ1n) is 11.1. The molecule has 1 aromatic heterocycles. The lowest BCUT2D eigenvalue weighted by atomic mass is 10.0. The third-order valence-electron chi connectivity index (χ3n) is 5.86. The van der Waals surface area contributed by atoms with Gasteiger partial charge in [-0.15, -0.1) is 0 Å². The molecule has 0 saturated carbocycles. The topological polar surface area (TPSA) is 48.5 Å². The van der Waals surface area contributed by atoms with Gasteiger partial charge in [0, 0.05) is 49.0 Å². The maximum atomic E-state index is 12.9. The maximum absolute atomic E-state index is 12.9.